The Morgan fingerprint density at radius 2 is 2.37 bits per heavy atom. The van der Waals surface area contributed by atoms with E-state index in [4.69, 9.17) is 4.74 Å². The first-order valence-corrected chi connectivity index (χ1v) is 6.45. The second-order valence-corrected chi connectivity index (χ2v) is 5.06. The fourth-order valence-electron chi connectivity index (χ4n) is 2.04. The van der Waals surface area contributed by atoms with Gasteiger partial charge < -0.3 is 20.1 Å². The maximum absolute atomic E-state index is 10.1. The average molecular weight is 263 g/mol. The molecule has 0 aliphatic heterocycles. The van der Waals surface area contributed by atoms with Crippen LogP contribution in [0, 0.1) is 0 Å². The Morgan fingerprint density at radius 1 is 1.53 bits per heavy atom. The van der Waals surface area contributed by atoms with Gasteiger partial charge in [0.2, 0.25) is 0 Å². The minimum atomic E-state index is -0.750. The number of pyridine rings is 1. The fraction of sp³-hybridized carbons (Fsp3) is 0.500. The van der Waals surface area contributed by atoms with Gasteiger partial charge in [-0.25, -0.2) is 4.98 Å². The molecular formula is C14H21N3O2. The highest BCUT2D eigenvalue weighted by molar-refractivity contribution is 5.79. The van der Waals surface area contributed by atoms with Gasteiger partial charge in [0.25, 0.3) is 0 Å². The van der Waals surface area contributed by atoms with Crippen LogP contribution >= 0.6 is 0 Å². The van der Waals surface area contributed by atoms with Gasteiger partial charge >= 0.3 is 0 Å². The lowest BCUT2D eigenvalue weighted by atomic mass is 10.0. The van der Waals surface area contributed by atoms with Crippen molar-refractivity contribution >= 4 is 11.0 Å². The number of aromatic nitrogens is 2. The number of hydrogen-bond donors (Lipinski definition) is 3. The molecule has 0 fully saturated rings. The van der Waals surface area contributed by atoms with Gasteiger partial charge in [0.15, 0.2) is 0 Å². The molecular weight excluding hydrogens is 242 g/mol. The van der Waals surface area contributed by atoms with Crippen molar-refractivity contribution in [3.05, 3.63) is 30.1 Å². The molecule has 0 aromatic carbocycles. The quantitative estimate of drug-likeness (QED) is 0.707. The topological polar surface area (TPSA) is 70.2 Å². The Kier molecular flexibility index (Phi) is 4.52. The van der Waals surface area contributed by atoms with E-state index in [0.29, 0.717) is 26.1 Å². The monoisotopic (exact) mass is 263 g/mol. The molecule has 5 heteroatoms. The van der Waals surface area contributed by atoms with Gasteiger partial charge in [0.05, 0.1) is 5.60 Å². The molecule has 1 atom stereocenters. The smallest absolute Gasteiger partial charge is 0.137 e. The molecule has 0 bridgehead atoms. The van der Waals surface area contributed by atoms with Crippen molar-refractivity contribution in [3.8, 4) is 0 Å². The SMILES string of the molecule is COCCC(C)(O)CNCc1c[nH]c2ncccc12. The molecule has 2 aromatic rings. The highest BCUT2D eigenvalue weighted by atomic mass is 16.5. The number of methoxy groups -OCH3 is 1. The second-order valence-electron chi connectivity index (χ2n) is 5.06. The fourth-order valence-corrected chi connectivity index (χ4v) is 2.04. The summed E-state index contributed by atoms with van der Waals surface area (Å²) in [6, 6.07) is 3.97. The van der Waals surface area contributed by atoms with Crippen molar-refractivity contribution in [1.82, 2.24) is 15.3 Å². The summed E-state index contributed by atoms with van der Waals surface area (Å²) in [5.74, 6) is 0. The van der Waals surface area contributed by atoms with Crippen LogP contribution in [0.5, 0.6) is 0 Å². The molecule has 104 valence electrons. The maximum atomic E-state index is 10.1. The molecule has 0 spiro atoms. The zero-order valence-electron chi connectivity index (χ0n) is 11.4. The molecule has 0 aliphatic rings. The van der Waals surface area contributed by atoms with Crippen molar-refractivity contribution in [2.45, 2.75) is 25.5 Å². The zero-order chi connectivity index (χ0) is 13.7. The number of ether oxygens (including phenoxy) is 1. The summed E-state index contributed by atoms with van der Waals surface area (Å²) in [5.41, 5.74) is 1.30. The van der Waals surface area contributed by atoms with E-state index in [9.17, 15) is 5.11 Å². The number of aliphatic hydroxyl groups is 1. The third kappa shape index (κ3) is 3.76. The van der Waals surface area contributed by atoms with Crippen molar-refractivity contribution < 1.29 is 9.84 Å². The van der Waals surface area contributed by atoms with Crippen molar-refractivity contribution in [2.24, 2.45) is 0 Å². The summed E-state index contributed by atoms with van der Waals surface area (Å²) in [6.07, 6.45) is 4.34. The van der Waals surface area contributed by atoms with Gasteiger partial charge in [-0.05, 0) is 24.6 Å². The summed E-state index contributed by atoms with van der Waals surface area (Å²) >= 11 is 0. The van der Waals surface area contributed by atoms with E-state index in [1.54, 1.807) is 13.3 Å². The Bertz CT molecular complexity index is 522. The first-order chi connectivity index (χ1) is 9.12. The van der Waals surface area contributed by atoms with Crippen LogP contribution in [0.3, 0.4) is 0 Å². The van der Waals surface area contributed by atoms with Crippen LogP contribution in [-0.4, -0.2) is 40.9 Å². The predicted molar refractivity (Wildman–Crippen MR) is 74.9 cm³/mol. The maximum Gasteiger partial charge on any atom is 0.137 e. The van der Waals surface area contributed by atoms with Crippen molar-refractivity contribution in [2.75, 3.05) is 20.3 Å². The van der Waals surface area contributed by atoms with E-state index < -0.39 is 5.60 Å². The second kappa shape index (κ2) is 6.14. The number of aromatic amines is 1. The molecule has 0 amide bonds. The molecule has 2 rings (SSSR count). The van der Waals surface area contributed by atoms with Gasteiger partial charge in [0.1, 0.15) is 5.65 Å². The van der Waals surface area contributed by atoms with Crippen LogP contribution in [0.25, 0.3) is 11.0 Å². The van der Waals surface area contributed by atoms with E-state index >= 15 is 0 Å². The Morgan fingerprint density at radius 3 is 3.16 bits per heavy atom. The molecule has 3 N–H and O–H groups in total. The molecule has 19 heavy (non-hydrogen) atoms. The van der Waals surface area contributed by atoms with Crippen LogP contribution in [0.2, 0.25) is 0 Å². The minimum Gasteiger partial charge on any atom is -0.389 e. The number of nitrogens with one attached hydrogen (secondary N) is 2. The van der Waals surface area contributed by atoms with Gasteiger partial charge in [-0.3, -0.25) is 0 Å². The number of nitrogens with zero attached hydrogens (tertiary/aromatic N) is 1. The molecule has 5 nitrogen and oxygen atoms in total. The number of fused-ring (bicyclic) bond motifs is 1. The number of rotatable bonds is 7. The minimum absolute atomic E-state index is 0.531. The first-order valence-electron chi connectivity index (χ1n) is 6.45. The standard InChI is InChI=1S/C14H21N3O2/c1-14(18,5-7-19-2)10-15-8-11-9-17-13-12(11)4-3-6-16-13/h3-4,6,9,15,18H,5,7-8,10H2,1-2H3,(H,16,17). The average Bonchev–Trinajstić information content (AvgIpc) is 2.80. The van der Waals surface area contributed by atoms with Crippen molar-refractivity contribution in [1.29, 1.82) is 0 Å². The molecule has 0 aliphatic carbocycles. The lowest BCUT2D eigenvalue weighted by Crippen LogP contribution is -2.38. The highest BCUT2D eigenvalue weighted by Gasteiger charge is 2.19. The molecule has 0 saturated heterocycles. The summed E-state index contributed by atoms with van der Waals surface area (Å²) in [6.45, 7) is 3.61. The molecule has 0 saturated carbocycles. The Hall–Kier alpha value is -1.43. The Labute approximate surface area is 113 Å². The largest absolute Gasteiger partial charge is 0.389 e. The van der Waals surface area contributed by atoms with Gasteiger partial charge in [0, 0.05) is 51.0 Å². The third-order valence-electron chi connectivity index (χ3n) is 3.20. The van der Waals surface area contributed by atoms with Crippen LogP contribution in [0.15, 0.2) is 24.5 Å². The molecule has 2 aromatic heterocycles. The summed E-state index contributed by atoms with van der Waals surface area (Å²) < 4.78 is 4.99. The number of hydrogen-bond acceptors (Lipinski definition) is 4. The summed E-state index contributed by atoms with van der Waals surface area (Å²) in [4.78, 5) is 7.39. The van der Waals surface area contributed by atoms with Crippen LogP contribution in [-0.2, 0) is 11.3 Å². The summed E-state index contributed by atoms with van der Waals surface area (Å²) in [5, 5.41) is 14.5. The normalized spacial score (nSPS) is 14.7. The lowest BCUT2D eigenvalue weighted by Gasteiger charge is -2.23. The number of H-pyrrole nitrogens is 1. The predicted octanol–water partition coefficient (Wildman–Crippen LogP) is 1.44. The van der Waals surface area contributed by atoms with E-state index in [0.717, 1.165) is 16.6 Å². The Balaban J connectivity index is 1.89. The van der Waals surface area contributed by atoms with Crippen LogP contribution < -0.4 is 5.32 Å². The lowest BCUT2D eigenvalue weighted by molar-refractivity contribution is 0.0248. The first kappa shape index (κ1) is 14.0. The van der Waals surface area contributed by atoms with E-state index in [2.05, 4.69) is 15.3 Å². The van der Waals surface area contributed by atoms with Crippen molar-refractivity contribution in [3.63, 3.8) is 0 Å². The summed E-state index contributed by atoms with van der Waals surface area (Å²) in [7, 11) is 1.64. The van der Waals surface area contributed by atoms with Gasteiger partial charge in [-0.1, -0.05) is 0 Å². The van der Waals surface area contributed by atoms with Crippen LogP contribution in [0.1, 0.15) is 18.9 Å². The third-order valence-corrected chi connectivity index (χ3v) is 3.20. The zero-order valence-corrected chi connectivity index (χ0v) is 11.4. The van der Waals surface area contributed by atoms with E-state index in [1.165, 1.54) is 0 Å². The molecule has 2 heterocycles. The highest BCUT2D eigenvalue weighted by Crippen LogP contribution is 2.15. The van der Waals surface area contributed by atoms with Gasteiger partial charge in [-0.15, -0.1) is 0 Å². The van der Waals surface area contributed by atoms with Crippen LogP contribution in [0.4, 0.5) is 0 Å². The van der Waals surface area contributed by atoms with Gasteiger partial charge in [-0.2, -0.15) is 0 Å². The van der Waals surface area contributed by atoms with E-state index in [-0.39, 0.29) is 0 Å². The molecule has 0 radical (unpaired) electrons. The molecule has 1 unspecified atom stereocenters. The van der Waals surface area contributed by atoms with E-state index in [1.807, 2.05) is 25.3 Å².